The van der Waals surface area contributed by atoms with E-state index in [1.54, 1.807) is 14.2 Å². The standard InChI is InChI=1S/C11H15BrO2/c1-7(2)10-9(13-3)6-5-8(12)11(10)14-4/h5-7H,1-4H3. The number of hydrogen-bond donors (Lipinski definition) is 0. The highest BCUT2D eigenvalue weighted by atomic mass is 79.9. The Morgan fingerprint density at radius 2 is 1.79 bits per heavy atom. The number of rotatable bonds is 3. The monoisotopic (exact) mass is 258 g/mol. The molecule has 78 valence electrons. The van der Waals surface area contributed by atoms with Crippen LogP contribution in [0.15, 0.2) is 16.6 Å². The van der Waals surface area contributed by atoms with Gasteiger partial charge in [-0.2, -0.15) is 0 Å². The third-order valence-electron chi connectivity index (χ3n) is 2.11. The summed E-state index contributed by atoms with van der Waals surface area (Å²) in [6.07, 6.45) is 0. The lowest BCUT2D eigenvalue weighted by atomic mass is 10.0. The van der Waals surface area contributed by atoms with Crippen LogP contribution in [0.4, 0.5) is 0 Å². The van der Waals surface area contributed by atoms with Crippen LogP contribution in [0.5, 0.6) is 11.5 Å². The lowest BCUT2D eigenvalue weighted by Gasteiger charge is -2.16. The Bertz CT molecular complexity index is 321. The second-order valence-corrected chi connectivity index (χ2v) is 4.21. The van der Waals surface area contributed by atoms with Crippen LogP contribution in [0.3, 0.4) is 0 Å². The van der Waals surface area contributed by atoms with Crippen LogP contribution in [0.1, 0.15) is 25.3 Å². The molecular formula is C11H15BrO2. The molecule has 0 saturated heterocycles. The minimum absolute atomic E-state index is 0.373. The number of ether oxygens (including phenoxy) is 2. The van der Waals surface area contributed by atoms with Crippen LogP contribution in [0.25, 0.3) is 0 Å². The zero-order valence-corrected chi connectivity index (χ0v) is 10.5. The van der Waals surface area contributed by atoms with Crippen molar-refractivity contribution in [2.24, 2.45) is 0 Å². The summed E-state index contributed by atoms with van der Waals surface area (Å²) in [6, 6.07) is 3.88. The van der Waals surface area contributed by atoms with Gasteiger partial charge in [0.1, 0.15) is 11.5 Å². The fourth-order valence-corrected chi connectivity index (χ4v) is 1.99. The lowest BCUT2D eigenvalue weighted by molar-refractivity contribution is 0.380. The van der Waals surface area contributed by atoms with Gasteiger partial charge < -0.3 is 9.47 Å². The van der Waals surface area contributed by atoms with Gasteiger partial charge in [-0.25, -0.2) is 0 Å². The molecule has 1 rings (SSSR count). The third kappa shape index (κ3) is 2.03. The summed E-state index contributed by atoms with van der Waals surface area (Å²) >= 11 is 3.46. The van der Waals surface area contributed by atoms with E-state index < -0.39 is 0 Å². The third-order valence-corrected chi connectivity index (χ3v) is 2.73. The molecule has 0 aromatic heterocycles. The van der Waals surface area contributed by atoms with Crippen molar-refractivity contribution in [3.63, 3.8) is 0 Å². The van der Waals surface area contributed by atoms with Crippen LogP contribution in [-0.2, 0) is 0 Å². The Labute approximate surface area is 93.4 Å². The first-order chi connectivity index (χ1) is 6.61. The van der Waals surface area contributed by atoms with Gasteiger partial charge >= 0.3 is 0 Å². The highest BCUT2D eigenvalue weighted by Gasteiger charge is 2.16. The first-order valence-corrected chi connectivity index (χ1v) is 5.31. The summed E-state index contributed by atoms with van der Waals surface area (Å²) in [5, 5.41) is 0. The lowest BCUT2D eigenvalue weighted by Crippen LogP contribution is -1.99. The minimum atomic E-state index is 0.373. The van der Waals surface area contributed by atoms with Gasteiger partial charge in [0.2, 0.25) is 0 Å². The molecule has 0 unspecified atom stereocenters. The topological polar surface area (TPSA) is 18.5 Å². The van der Waals surface area contributed by atoms with E-state index in [-0.39, 0.29) is 0 Å². The minimum Gasteiger partial charge on any atom is -0.496 e. The quantitative estimate of drug-likeness (QED) is 0.825. The maximum Gasteiger partial charge on any atom is 0.140 e. The summed E-state index contributed by atoms with van der Waals surface area (Å²) in [7, 11) is 3.35. The predicted molar refractivity (Wildman–Crippen MR) is 61.3 cm³/mol. The van der Waals surface area contributed by atoms with Crippen LogP contribution in [0, 0.1) is 0 Å². The number of benzene rings is 1. The highest BCUT2D eigenvalue weighted by molar-refractivity contribution is 9.10. The fraction of sp³-hybridized carbons (Fsp3) is 0.455. The fourth-order valence-electron chi connectivity index (χ4n) is 1.49. The SMILES string of the molecule is COc1ccc(Br)c(OC)c1C(C)C. The van der Waals surface area contributed by atoms with E-state index in [2.05, 4.69) is 29.8 Å². The zero-order valence-electron chi connectivity index (χ0n) is 8.93. The van der Waals surface area contributed by atoms with Crippen molar-refractivity contribution in [2.45, 2.75) is 19.8 Å². The Kier molecular flexibility index (Phi) is 3.81. The second-order valence-electron chi connectivity index (χ2n) is 3.35. The molecule has 1 aromatic rings. The Balaban J connectivity index is 3.36. The summed E-state index contributed by atoms with van der Waals surface area (Å²) in [4.78, 5) is 0. The van der Waals surface area contributed by atoms with Crippen molar-refractivity contribution in [3.8, 4) is 11.5 Å². The van der Waals surface area contributed by atoms with E-state index >= 15 is 0 Å². The molecule has 0 radical (unpaired) electrons. The molecule has 0 aliphatic rings. The van der Waals surface area contributed by atoms with Gasteiger partial charge in [0, 0.05) is 5.56 Å². The molecule has 14 heavy (non-hydrogen) atoms. The maximum absolute atomic E-state index is 5.35. The van der Waals surface area contributed by atoms with Crippen molar-refractivity contribution in [2.75, 3.05) is 14.2 Å². The van der Waals surface area contributed by atoms with Gasteiger partial charge in [0.05, 0.1) is 18.7 Å². The van der Waals surface area contributed by atoms with Gasteiger partial charge in [0.15, 0.2) is 0 Å². The maximum atomic E-state index is 5.35. The molecule has 0 spiro atoms. The van der Waals surface area contributed by atoms with Gasteiger partial charge in [-0.1, -0.05) is 13.8 Å². The molecule has 2 nitrogen and oxygen atoms in total. The molecule has 0 atom stereocenters. The largest absolute Gasteiger partial charge is 0.496 e. The summed E-state index contributed by atoms with van der Waals surface area (Å²) in [6.45, 7) is 4.24. The molecule has 0 fully saturated rings. The summed E-state index contributed by atoms with van der Waals surface area (Å²) < 4.78 is 11.6. The van der Waals surface area contributed by atoms with E-state index in [0.717, 1.165) is 21.5 Å². The Morgan fingerprint density at radius 3 is 2.21 bits per heavy atom. The normalized spacial score (nSPS) is 10.4. The van der Waals surface area contributed by atoms with Crippen LogP contribution >= 0.6 is 15.9 Å². The number of halogens is 1. The number of methoxy groups -OCH3 is 2. The van der Waals surface area contributed by atoms with Gasteiger partial charge in [-0.15, -0.1) is 0 Å². The first-order valence-electron chi connectivity index (χ1n) is 4.52. The molecular weight excluding hydrogens is 244 g/mol. The molecule has 0 saturated carbocycles. The Hall–Kier alpha value is -0.700. The molecule has 0 aliphatic carbocycles. The van der Waals surface area contributed by atoms with Crippen molar-refractivity contribution in [1.82, 2.24) is 0 Å². The van der Waals surface area contributed by atoms with Crippen molar-refractivity contribution in [1.29, 1.82) is 0 Å². The molecule has 0 N–H and O–H groups in total. The second kappa shape index (κ2) is 4.69. The van der Waals surface area contributed by atoms with Crippen molar-refractivity contribution >= 4 is 15.9 Å². The van der Waals surface area contributed by atoms with E-state index in [1.807, 2.05) is 12.1 Å². The van der Waals surface area contributed by atoms with E-state index in [9.17, 15) is 0 Å². The van der Waals surface area contributed by atoms with Crippen LogP contribution < -0.4 is 9.47 Å². The molecule has 0 amide bonds. The smallest absolute Gasteiger partial charge is 0.140 e. The predicted octanol–water partition coefficient (Wildman–Crippen LogP) is 3.59. The van der Waals surface area contributed by atoms with Crippen LogP contribution in [-0.4, -0.2) is 14.2 Å². The van der Waals surface area contributed by atoms with Gasteiger partial charge in [-0.3, -0.25) is 0 Å². The molecule has 0 aliphatic heterocycles. The van der Waals surface area contributed by atoms with Crippen molar-refractivity contribution < 1.29 is 9.47 Å². The van der Waals surface area contributed by atoms with E-state index in [0.29, 0.717) is 5.92 Å². The van der Waals surface area contributed by atoms with Gasteiger partial charge in [0.25, 0.3) is 0 Å². The van der Waals surface area contributed by atoms with E-state index in [1.165, 1.54) is 0 Å². The van der Waals surface area contributed by atoms with Crippen LogP contribution in [0.2, 0.25) is 0 Å². The summed E-state index contributed by atoms with van der Waals surface area (Å²) in [5.74, 6) is 2.11. The molecule has 0 heterocycles. The highest BCUT2D eigenvalue weighted by Crippen LogP contribution is 2.39. The summed E-state index contributed by atoms with van der Waals surface area (Å²) in [5.41, 5.74) is 1.10. The number of hydrogen-bond acceptors (Lipinski definition) is 2. The molecule has 0 bridgehead atoms. The average molecular weight is 259 g/mol. The van der Waals surface area contributed by atoms with Gasteiger partial charge in [-0.05, 0) is 34.0 Å². The molecule has 3 heteroatoms. The van der Waals surface area contributed by atoms with E-state index in [4.69, 9.17) is 9.47 Å². The average Bonchev–Trinajstić information content (AvgIpc) is 2.17. The van der Waals surface area contributed by atoms with Crippen molar-refractivity contribution in [3.05, 3.63) is 22.2 Å². The zero-order chi connectivity index (χ0) is 10.7. The first kappa shape index (κ1) is 11.4. The Morgan fingerprint density at radius 1 is 1.14 bits per heavy atom. The molecule has 1 aromatic carbocycles.